The summed E-state index contributed by atoms with van der Waals surface area (Å²) in [6.45, 7) is 6.08. The largest absolute Gasteiger partial charge is 0.342 e. The van der Waals surface area contributed by atoms with E-state index in [0.29, 0.717) is 36.1 Å². The van der Waals surface area contributed by atoms with Gasteiger partial charge in [0.25, 0.3) is 0 Å². The molecule has 2 fully saturated rings. The smallest absolute Gasteiger partial charge is 0.222 e. The predicted molar refractivity (Wildman–Crippen MR) is 72.1 cm³/mol. The first kappa shape index (κ1) is 14.8. The molecule has 3 unspecified atom stereocenters. The van der Waals surface area contributed by atoms with Crippen molar-refractivity contribution in [3.63, 3.8) is 0 Å². The lowest BCUT2D eigenvalue weighted by Gasteiger charge is -2.29. The molecule has 1 amide bonds. The highest BCUT2D eigenvalue weighted by molar-refractivity contribution is 5.85. The lowest BCUT2D eigenvalue weighted by molar-refractivity contribution is -0.131. The van der Waals surface area contributed by atoms with Crippen molar-refractivity contribution in [2.75, 3.05) is 13.1 Å². The first-order chi connectivity index (χ1) is 7.58. The molecule has 1 saturated heterocycles. The maximum atomic E-state index is 12.0. The van der Waals surface area contributed by atoms with Crippen molar-refractivity contribution in [1.82, 2.24) is 4.90 Å². The molecule has 0 bridgehead atoms. The van der Waals surface area contributed by atoms with Crippen molar-refractivity contribution in [2.45, 2.75) is 45.6 Å². The molecule has 0 aromatic carbocycles. The number of hydrogen-bond acceptors (Lipinski definition) is 2. The topological polar surface area (TPSA) is 46.3 Å². The van der Waals surface area contributed by atoms with Crippen LogP contribution in [0, 0.1) is 17.8 Å². The van der Waals surface area contributed by atoms with E-state index < -0.39 is 0 Å². The van der Waals surface area contributed by atoms with Gasteiger partial charge in [-0.15, -0.1) is 12.4 Å². The molecule has 3 nitrogen and oxygen atoms in total. The van der Waals surface area contributed by atoms with E-state index in [4.69, 9.17) is 5.73 Å². The van der Waals surface area contributed by atoms with E-state index in [9.17, 15) is 4.79 Å². The van der Waals surface area contributed by atoms with E-state index >= 15 is 0 Å². The zero-order chi connectivity index (χ0) is 11.7. The Morgan fingerprint density at radius 1 is 1.35 bits per heavy atom. The molecule has 0 radical (unpaired) electrons. The Labute approximate surface area is 111 Å². The van der Waals surface area contributed by atoms with Crippen molar-refractivity contribution >= 4 is 18.3 Å². The summed E-state index contributed by atoms with van der Waals surface area (Å²) in [5, 5.41) is 0. The summed E-state index contributed by atoms with van der Waals surface area (Å²) >= 11 is 0. The number of nitrogens with two attached hydrogens (primary N) is 1. The molecule has 1 aliphatic carbocycles. The second-order valence-electron chi connectivity index (χ2n) is 5.92. The number of amides is 1. The molecular formula is C13H25ClN2O. The summed E-state index contributed by atoms with van der Waals surface area (Å²) in [6, 6.07) is 0.329. The molecule has 0 aromatic heterocycles. The molecule has 1 aliphatic heterocycles. The summed E-state index contributed by atoms with van der Waals surface area (Å²) in [4.78, 5) is 14.0. The number of hydrogen-bond donors (Lipinski definition) is 1. The number of carbonyl (C=O) groups excluding carboxylic acids is 1. The quantitative estimate of drug-likeness (QED) is 0.826. The van der Waals surface area contributed by atoms with Gasteiger partial charge in [-0.2, -0.15) is 0 Å². The molecule has 2 N–H and O–H groups in total. The van der Waals surface area contributed by atoms with Crippen LogP contribution in [0.1, 0.15) is 39.5 Å². The van der Waals surface area contributed by atoms with Crippen LogP contribution in [0.2, 0.25) is 0 Å². The van der Waals surface area contributed by atoms with Gasteiger partial charge in [0.15, 0.2) is 0 Å². The molecule has 1 saturated carbocycles. The Balaban J connectivity index is 0.00000144. The number of carbonyl (C=O) groups is 1. The fourth-order valence-electron chi connectivity index (χ4n) is 3.20. The fraction of sp³-hybridized carbons (Fsp3) is 0.923. The standard InChI is InChI=1S/C13H24N2O.ClH/c1-9(2)6-13(16)15-7-10-4-3-5-12(14)11(10)8-15;/h9-12H,3-8,14H2,1-2H3;1H. The number of fused-ring (bicyclic) bond motifs is 1. The molecule has 0 aromatic rings. The number of halogens is 1. The molecule has 0 spiro atoms. The Kier molecular flexibility index (Phi) is 5.26. The third kappa shape index (κ3) is 3.35. The summed E-state index contributed by atoms with van der Waals surface area (Å²) < 4.78 is 0. The van der Waals surface area contributed by atoms with E-state index in [0.717, 1.165) is 19.5 Å². The number of nitrogens with zero attached hydrogens (tertiary/aromatic N) is 1. The van der Waals surface area contributed by atoms with Gasteiger partial charge < -0.3 is 10.6 Å². The lowest BCUT2D eigenvalue weighted by Crippen LogP contribution is -2.38. The maximum Gasteiger partial charge on any atom is 0.222 e. The SMILES string of the molecule is CC(C)CC(=O)N1CC2CCCC(N)C2C1.Cl. The summed E-state index contributed by atoms with van der Waals surface area (Å²) in [5.41, 5.74) is 6.15. The van der Waals surface area contributed by atoms with Gasteiger partial charge in [-0.3, -0.25) is 4.79 Å². The first-order valence-corrected chi connectivity index (χ1v) is 6.61. The molecule has 100 valence electrons. The zero-order valence-electron chi connectivity index (χ0n) is 10.9. The van der Waals surface area contributed by atoms with Crippen molar-refractivity contribution in [1.29, 1.82) is 0 Å². The summed E-state index contributed by atoms with van der Waals surface area (Å²) in [5.74, 6) is 2.05. The molecule has 17 heavy (non-hydrogen) atoms. The van der Waals surface area contributed by atoms with Gasteiger partial charge >= 0.3 is 0 Å². The van der Waals surface area contributed by atoms with E-state index in [1.165, 1.54) is 12.8 Å². The molecule has 2 aliphatic rings. The van der Waals surface area contributed by atoms with Crippen LogP contribution >= 0.6 is 12.4 Å². The average molecular weight is 261 g/mol. The number of rotatable bonds is 2. The van der Waals surface area contributed by atoms with Gasteiger partial charge in [-0.25, -0.2) is 0 Å². The second kappa shape index (κ2) is 6.05. The lowest BCUT2D eigenvalue weighted by atomic mass is 9.78. The van der Waals surface area contributed by atoms with Crippen LogP contribution in [-0.2, 0) is 4.79 Å². The van der Waals surface area contributed by atoms with Crippen LogP contribution in [-0.4, -0.2) is 29.9 Å². The van der Waals surface area contributed by atoms with Gasteiger partial charge in [-0.05, 0) is 30.6 Å². The Bertz CT molecular complexity index is 270. The van der Waals surface area contributed by atoms with Gasteiger partial charge in [0.05, 0.1) is 0 Å². The van der Waals surface area contributed by atoms with Gasteiger partial charge in [-0.1, -0.05) is 20.3 Å². The van der Waals surface area contributed by atoms with Crippen molar-refractivity contribution in [3.8, 4) is 0 Å². The molecule has 1 heterocycles. The van der Waals surface area contributed by atoms with Crippen LogP contribution in [0.15, 0.2) is 0 Å². The molecule has 4 heteroatoms. The highest BCUT2D eigenvalue weighted by Crippen LogP contribution is 2.35. The highest BCUT2D eigenvalue weighted by atomic mass is 35.5. The van der Waals surface area contributed by atoms with Gasteiger partial charge in [0.1, 0.15) is 0 Å². The van der Waals surface area contributed by atoms with Crippen molar-refractivity contribution in [3.05, 3.63) is 0 Å². The number of likely N-dealkylation sites (tertiary alicyclic amines) is 1. The third-order valence-corrected chi connectivity index (χ3v) is 4.09. The van der Waals surface area contributed by atoms with E-state index in [1.807, 2.05) is 0 Å². The van der Waals surface area contributed by atoms with Crippen LogP contribution in [0.5, 0.6) is 0 Å². The maximum absolute atomic E-state index is 12.0. The minimum absolute atomic E-state index is 0. The summed E-state index contributed by atoms with van der Waals surface area (Å²) in [7, 11) is 0. The zero-order valence-corrected chi connectivity index (χ0v) is 11.7. The van der Waals surface area contributed by atoms with Crippen molar-refractivity contribution in [2.24, 2.45) is 23.5 Å². The second-order valence-corrected chi connectivity index (χ2v) is 5.92. The predicted octanol–water partition coefficient (Wildman–Crippen LogP) is 2.04. The van der Waals surface area contributed by atoms with Crippen LogP contribution in [0.3, 0.4) is 0 Å². The molecule has 3 atom stereocenters. The Morgan fingerprint density at radius 2 is 2.06 bits per heavy atom. The van der Waals surface area contributed by atoms with Crippen LogP contribution < -0.4 is 5.73 Å². The normalized spacial score (nSPS) is 32.2. The van der Waals surface area contributed by atoms with Crippen LogP contribution in [0.4, 0.5) is 0 Å². The monoisotopic (exact) mass is 260 g/mol. The highest BCUT2D eigenvalue weighted by Gasteiger charge is 2.40. The van der Waals surface area contributed by atoms with Crippen molar-refractivity contribution < 1.29 is 4.79 Å². The van der Waals surface area contributed by atoms with E-state index in [2.05, 4.69) is 18.7 Å². The Hall–Kier alpha value is -0.280. The van der Waals surface area contributed by atoms with E-state index in [1.54, 1.807) is 0 Å². The Morgan fingerprint density at radius 3 is 2.65 bits per heavy atom. The van der Waals surface area contributed by atoms with E-state index in [-0.39, 0.29) is 12.4 Å². The minimum atomic E-state index is 0. The minimum Gasteiger partial charge on any atom is -0.342 e. The first-order valence-electron chi connectivity index (χ1n) is 6.61. The fourth-order valence-corrected chi connectivity index (χ4v) is 3.20. The molecular weight excluding hydrogens is 236 g/mol. The van der Waals surface area contributed by atoms with Crippen LogP contribution in [0.25, 0.3) is 0 Å². The third-order valence-electron chi connectivity index (χ3n) is 4.09. The average Bonchev–Trinajstić information content (AvgIpc) is 2.61. The van der Waals surface area contributed by atoms with Gasteiger partial charge in [0, 0.05) is 25.6 Å². The van der Waals surface area contributed by atoms with Gasteiger partial charge in [0.2, 0.25) is 5.91 Å². The summed E-state index contributed by atoms with van der Waals surface area (Å²) in [6.07, 6.45) is 4.35. The molecule has 2 rings (SSSR count).